The Labute approximate surface area is 170 Å². The molecule has 0 saturated heterocycles. The summed E-state index contributed by atoms with van der Waals surface area (Å²) in [5.74, 6) is 0.380. The average Bonchev–Trinajstić information content (AvgIpc) is 3.18. The zero-order valence-electron chi connectivity index (χ0n) is 14.8. The molecule has 0 spiro atoms. The Hall–Kier alpha value is -2.91. The molecule has 0 fully saturated rings. The zero-order valence-corrected chi connectivity index (χ0v) is 16.5. The van der Waals surface area contributed by atoms with Crippen LogP contribution in [0.3, 0.4) is 0 Å². The average molecular weight is 415 g/mol. The molecule has 144 valence electrons. The van der Waals surface area contributed by atoms with Gasteiger partial charge in [-0.15, -0.1) is 10.2 Å². The molecule has 0 saturated carbocycles. The maximum Gasteiger partial charge on any atom is 0.407 e. The largest absolute Gasteiger partial charge is 0.445 e. The van der Waals surface area contributed by atoms with Crippen LogP contribution in [0.25, 0.3) is 0 Å². The second-order valence-electron chi connectivity index (χ2n) is 5.61. The monoisotopic (exact) mass is 414 g/mol. The number of anilines is 1. The Bertz CT molecular complexity index is 904. The van der Waals surface area contributed by atoms with Gasteiger partial charge in [0.25, 0.3) is 0 Å². The van der Waals surface area contributed by atoms with Crippen molar-refractivity contribution in [3.63, 3.8) is 0 Å². The number of carbonyl (C=O) groups is 2. The van der Waals surface area contributed by atoms with Gasteiger partial charge in [-0.3, -0.25) is 10.1 Å². The predicted molar refractivity (Wildman–Crippen MR) is 109 cm³/mol. The van der Waals surface area contributed by atoms with Gasteiger partial charge in [-0.25, -0.2) is 4.79 Å². The van der Waals surface area contributed by atoms with Gasteiger partial charge in [0, 0.05) is 5.75 Å². The van der Waals surface area contributed by atoms with Crippen LogP contribution >= 0.6 is 23.1 Å². The van der Waals surface area contributed by atoms with Gasteiger partial charge in [-0.2, -0.15) is 0 Å². The number of carbonyl (C=O) groups excluding carboxylic acids is 2. The molecule has 3 rings (SSSR count). The predicted octanol–water partition coefficient (Wildman–Crippen LogP) is 3.70. The van der Waals surface area contributed by atoms with Gasteiger partial charge >= 0.3 is 6.09 Å². The number of benzene rings is 2. The third-order valence-corrected chi connectivity index (χ3v) is 5.51. The Morgan fingerprint density at radius 3 is 2.36 bits per heavy atom. The maximum absolute atomic E-state index is 11.9. The van der Waals surface area contributed by atoms with Crippen LogP contribution in [0.2, 0.25) is 0 Å². The van der Waals surface area contributed by atoms with Crippen LogP contribution in [0.5, 0.6) is 0 Å². The summed E-state index contributed by atoms with van der Waals surface area (Å²) >= 11 is 2.84. The van der Waals surface area contributed by atoms with Gasteiger partial charge in [0.05, 0.1) is 0 Å². The maximum atomic E-state index is 11.9. The molecule has 0 atom stereocenters. The van der Waals surface area contributed by atoms with Crippen molar-refractivity contribution in [2.75, 3.05) is 11.9 Å². The third-order valence-electron chi connectivity index (χ3n) is 3.46. The van der Waals surface area contributed by atoms with Crippen LogP contribution in [0.4, 0.5) is 9.93 Å². The Morgan fingerprint density at radius 2 is 1.64 bits per heavy atom. The first-order valence-corrected chi connectivity index (χ1v) is 10.2. The van der Waals surface area contributed by atoms with Gasteiger partial charge in [0.1, 0.15) is 13.2 Å². The van der Waals surface area contributed by atoms with Crippen LogP contribution in [0, 0.1) is 0 Å². The van der Waals surface area contributed by atoms with E-state index in [1.807, 2.05) is 60.7 Å². The standard InChI is InChI=1S/C19H18N4O3S2/c24-16(11-20-18(25)26-12-14-7-3-1-4-8-14)21-17-22-23-19(28-17)27-13-15-9-5-2-6-10-15/h1-10H,11-13H2,(H,20,25)(H,21,22,24). The Kier molecular flexibility index (Phi) is 7.39. The van der Waals surface area contributed by atoms with Gasteiger partial charge in [0.15, 0.2) is 4.34 Å². The number of nitrogens with zero attached hydrogens (tertiary/aromatic N) is 2. The molecule has 0 aliphatic heterocycles. The lowest BCUT2D eigenvalue weighted by atomic mass is 10.2. The van der Waals surface area contributed by atoms with Crippen LogP contribution < -0.4 is 10.6 Å². The lowest BCUT2D eigenvalue weighted by Crippen LogP contribution is -2.33. The number of amides is 2. The molecule has 3 aromatic rings. The minimum atomic E-state index is -0.657. The normalized spacial score (nSPS) is 10.3. The van der Waals surface area contributed by atoms with Crippen molar-refractivity contribution in [1.82, 2.24) is 15.5 Å². The highest BCUT2D eigenvalue weighted by Crippen LogP contribution is 2.28. The number of thioether (sulfide) groups is 1. The summed E-state index contributed by atoms with van der Waals surface area (Å²) in [6.45, 7) is -0.0631. The van der Waals surface area contributed by atoms with E-state index in [9.17, 15) is 9.59 Å². The van der Waals surface area contributed by atoms with Crippen molar-refractivity contribution >= 4 is 40.2 Å². The summed E-state index contributed by atoms with van der Waals surface area (Å²) in [5, 5.41) is 13.4. The molecule has 2 amide bonds. The van der Waals surface area contributed by atoms with Gasteiger partial charge in [-0.1, -0.05) is 83.8 Å². The summed E-state index contributed by atoms with van der Waals surface area (Å²) in [4.78, 5) is 23.6. The fourth-order valence-corrected chi connectivity index (χ4v) is 3.85. The van der Waals surface area contributed by atoms with E-state index < -0.39 is 12.0 Å². The quantitative estimate of drug-likeness (QED) is 0.431. The second kappa shape index (κ2) is 10.4. The van der Waals surface area contributed by atoms with Crippen molar-refractivity contribution in [3.8, 4) is 0 Å². The van der Waals surface area contributed by atoms with Crippen molar-refractivity contribution in [3.05, 3.63) is 71.8 Å². The molecule has 0 aliphatic rings. The number of hydrogen-bond donors (Lipinski definition) is 2. The third kappa shape index (κ3) is 6.67. The number of aromatic nitrogens is 2. The minimum absolute atomic E-state index is 0.146. The highest BCUT2D eigenvalue weighted by molar-refractivity contribution is 8.00. The molecule has 7 nitrogen and oxygen atoms in total. The smallest absolute Gasteiger partial charge is 0.407 e. The molecular formula is C19H18N4O3S2. The first-order valence-electron chi connectivity index (χ1n) is 8.43. The summed E-state index contributed by atoms with van der Waals surface area (Å²) in [6, 6.07) is 19.3. The Morgan fingerprint density at radius 1 is 0.964 bits per heavy atom. The van der Waals surface area contributed by atoms with Crippen molar-refractivity contribution < 1.29 is 14.3 Å². The van der Waals surface area contributed by atoms with E-state index in [1.54, 1.807) is 11.8 Å². The molecule has 9 heteroatoms. The first-order chi connectivity index (χ1) is 13.7. The van der Waals surface area contributed by atoms with Crippen molar-refractivity contribution in [1.29, 1.82) is 0 Å². The lowest BCUT2D eigenvalue weighted by Gasteiger charge is -2.06. The van der Waals surface area contributed by atoms with E-state index in [-0.39, 0.29) is 13.2 Å². The fourth-order valence-electron chi connectivity index (χ4n) is 2.13. The SMILES string of the molecule is O=C(CNC(=O)OCc1ccccc1)Nc1nnc(SCc2ccccc2)s1. The highest BCUT2D eigenvalue weighted by atomic mass is 32.2. The van der Waals surface area contributed by atoms with Crippen molar-refractivity contribution in [2.24, 2.45) is 0 Å². The topological polar surface area (TPSA) is 93.2 Å². The molecule has 1 aromatic heterocycles. The number of rotatable bonds is 8. The van der Waals surface area contributed by atoms with Crippen LogP contribution in [-0.2, 0) is 21.9 Å². The first kappa shape index (κ1) is 19.8. The number of alkyl carbamates (subject to hydrolysis) is 1. The van der Waals surface area contributed by atoms with Crippen LogP contribution in [0.1, 0.15) is 11.1 Å². The zero-order chi connectivity index (χ0) is 19.6. The molecule has 0 radical (unpaired) electrons. The summed E-state index contributed by atoms with van der Waals surface area (Å²) in [5.41, 5.74) is 2.06. The minimum Gasteiger partial charge on any atom is -0.445 e. The van der Waals surface area contributed by atoms with E-state index in [0.29, 0.717) is 5.13 Å². The van der Waals surface area contributed by atoms with Crippen LogP contribution in [-0.4, -0.2) is 28.7 Å². The summed E-state index contributed by atoms with van der Waals surface area (Å²) in [6.07, 6.45) is -0.657. The van der Waals surface area contributed by atoms with E-state index in [2.05, 4.69) is 20.8 Å². The summed E-state index contributed by atoms with van der Waals surface area (Å²) in [7, 11) is 0. The van der Waals surface area contributed by atoms with Gasteiger partial charge < -0.3 is 10.1 Å². The number of ether oxygens (including phenoxy) is 1. The fraction of sp³-hybridized carbons (Fsp3) is 0.158. The van der Waals surface area contributed by atoms with E-state index in [4.69, 9.17) is 4.74 Å². The molecule has 2 N–H and O–H groups in total. The molecule has 28 heavy (non-hydrogen) atoms. The van der Waals surface area contributed by atoms with Crippen molar-refractivity contribution in [2.45, 2.75) is 16.7 Å². The van der Waals surface area contributed by atoms with E-state index in [1.165, 1.54) is 16.9 Å². The number of nitrogens with one attached hydrogen (secondary N) is 2. The second-order valence-corrected chi connectivity index (χ2v) is 7.81. The Balaban J connectivity index is 1.36. The number of hydrogen-bond acceptors (Lipinski definition) is 7. The lowest BCUT2D eigenvalue weighted by molar-refractivity contribution is -0.115. The van der Waals surface area contributed by atoms with Gasteiger partial charge in [0.2, 0.25) is 11.0 Å². The van der Waals surface area contributed by atoms with Crippen LogP contribution in [0.15, 0.2) is 65.0 Å². The van der Waals surface area contributed by atoms with E-state index in [0.717, 1.165) is 15.7 Å². The van der Waals surface area contributed by atoms with E-state index >= 15 is 0 Å². The molecule has 0 unspecified atom stereocenters. The summed E-state index contributed by atoms with van der Waals surface area (Å²) < 4.78 is 5.81. The van der Waals surface area contributed by atoms with Gasteiger partial charge in [-0.05, 0) is 11.1 Å². The molecule has 0 bridgehead atoms. The molecule has 1 heterocycles. The molecular weight excluding hydrogens is 396 g/mol. The molecule has 0 aliphatic carbocycles. The highest BCUT2D eigenvalue weighted by Gasteiger charge is 2.11. The molecule has 2 aromatic carbocycles.